The minimum atomic E-state index is 0.0836. The lowest BCUT2D eigenvalue weighted by molar-refractivity contribution is 0.305. The number of hydrogen-bond acceptors (Lipinski definition) is 3. The van der Waals surface area contributed by atoms with Crippen LogP contribution in [0.2, 0.25) is 0 Å². The van der Waals surface area contributed by atoms with Gasteiger partial charge in [-0.3, -0.25) is 0 Å². The van der Waals surface area contributed by atoms with E-state index in [0.29, 0.717) is 0 Å². The number of nitrogens with one attached hydrogen (secondary N) is 1. The van der Waals surface area contributed by atoms with Crippen molar-refractivity contribution >= 4 is 0 Å². The van der Waals surface area contributed by atoms with E-state index < -0.39 is 0 Å². The van der Waals surface area contributed by atoms with E-state index in [2.05, 4.69) is 37.9 Å². The van der Waals surface area contributed by atoms with E-state index in [1.807, 2.05) is 6.08 Å². The number of hydrogen-bond donors (Lipinski definition) is 1. The van der Waals surface area contributed by atoms with Gasteiger partial charge in [0.05, 0.1) is 14.2 Å². The summed E-state index contributed by atoms with van der Waals surface area (Å²) in [5.41, 5.74) is 2.70. The van der Waals surface area contributed by atoms with Crippen LogP contribution in [-0.2, 0) is 6.42 Å². The van der Waals surface area contributed by atoms with Crippen LogP contribution < -0.4 is 14.8 Å². The summed E-state index contributed by atoms with van der Waals surface area (Å²) in [6.45, 7) is 8.31. The van der Waals surface area contributed by atoms with Gasteiger partial charge in [0, 0.05) is 11.6 Å². The molecule has 0 saturated heterocycles. The van der Waals surface area contributed by atoms with Crippen molar-refractivity contribution in [2.45, 2.75) is 38.3 Å². The molecule has 0 bridgehead atoms. The molecule has 1 aromatic carbocycles. The van der Waals surface area contributed by atoms with Crippen LogP contribution in [0.5, 0.6) is 11.5 Å². The summed E-state index contributed by atoms with van der Waals surface area (Å²) in [4.78, 5) is 0. The molecule has 1 heterocycles. The Kier molecular flexibility index (Phi) is 3.85. The molecule has 0 spiro atoms. The van der Waals surface area contributed by atoms with Crippen molar-refractivity contribution in [1.29, 1.82) is 0 Å². The lowest BCUT2D eigenvalue weighted by Crippen LogP contribution is -2.47. The zero-order valence-corrected chi connectivity index (χ0v) is 12.2. The molecule has 0 amide bonds. The molecule has 1 atom stereocenters. The fraction of sp³-hybridized carbons (Fsp3) is 0.500. The summed E-state index contributed by atoms with van der Waals surface area (Å²) < 4.78 is 10.8. The Morgan fingerprint density at radius 3 is 2.53 bits per heavy atom. The molecular weight excluding hydrogens is 238 g/mol. The number of ether oxygens (including phenoxy) is 2. The van der Waals surface area contributed by atoms with Crippen molar-refractivity contribution in [3.63, 3.8) is 0 Å². The summed E-state index contributed by atoms with van der Waals surface area (Å²) in [7, 11) is 3.35. The minimum Gasteiger partial charge on any atom is -0.493 e. The maximum Gasteiger partial charge on any atom is 0.161 e. The molecule has 1 aliphatic heterocycles. The fourth-order valence-corrected chi connectivity index (χ4v) is 2.84. The monoisotopic (exact) mass is 261 g/mol. The van der Waals surface area contributed by atoms with Crippen LogP contribution in [-0.4, -0.2) is 19.8 Å². The highest BCUT2D eigenvalue weighted by Crippen LogP contribution is 2.39. The average Bonchev–Trinajstić information content (AvgIpc) is 2.36. The van der Waals surface area contributed by atoms with Crippen LogP contribution in [0.4, 0.5) is 0 Å². The van der Waals surface area contributed by atoms with Crippen molar-refractivity contribution in [2.24, 2.45) is 0 Å². The molecule has 3 heteroatoms. The van der Waals surface area contributed by atoms with Crippen molar-refractivity contribution in [3.8, 4) is 11.5 Å². The van der Waals surface area contributed by atoms with Gasteiger partial charge in [-0.05, 0) is 49.9 Å². The largest absolute Gasteiger partial charge is 0.493 e. The summed E-state index contributed by atoms with van der Waals surface area (Å²) in [6.07, 6.45) is 3.85. The first-order valence-corrected chi connectivity index (χ1v) is 6.64. The summed E-state index contributed by atoms with van der Waals surface area (Å²) in [6, 6.07) is 4.48. The fourth-order valence-electron chi connectivity index (χ4n) is 2.84. The highest BCUT2D eigenvalue weighted by Gasteiger charge is 2.31. The van der Waals surface area contributed by atoms with Crippen LogP contribution in [0.1, 0.15) is 37.4 Å². The highest BCUT2D eigenvalue weighted by atomic mass is 16.5. The first-order valence-electron chi connectivity index (χ1n) is 6.64. The normalized spacial score (nSPS) is 20.5. The second-order valence-electron chi connectivity index (χ2n) is 5.69. The van der Waals surface area contributed by atoms with E-state index in [4.69, 9.17) is 9.47 Å². The van der Waals surface area contributed by atoms with Crippen LogP contribution in [0.3, 0.4) is 0 Å². The molecule has 1 aliphatic rings. The molecular formula is C16H23NO2. The third-order valence-corrected chi connectivity index (χ3v) is 3.62. The van der Waals surface area contributed by atoms with Crippen molar-refractivity contribution in [3.05, 3.63) is 35.9 Å². The summed E-state index contributed by atoms with van der Waals surface area (Å²) >= 11 is 0. The summed E-state index contributed by atoms with van der Waals surface area (Å²) in [5.74, 6) is 1.59. The molecule has 104 valence electrons. The number of benzene rings is 1. The molecule has 1 unspecified atom stereocenters. The Balaban J connectivity index is 2.50. The third-order valence-electron chi connectivity index (χ3n) is 3.62. The Labute approximate surface area is 115 Å². The van der Waals surface area contributed by atoms with E-state index in [9.17, 15) is 0 Å². The van der Waals surface area contributed by atoms with Gasteiger partial charge in [0.2, 0.25) is 0 Å². The lowest BCUT2D eigenvalue weighted by atomic mass is 9.82. The SMILES string of the molecule is C=CCC1NC(C)(C)Cc2cc(OC)c(OC)cc21. The maximum atomic E-state index is 5.40. The topological polar surface area (TPSA) is 30.5 Å². The maximum absolute atomic E-state index is 5.40. The number of methoxy groups -OCH3 is 2. The Morgan fingerprint density at radius 2 is 1.95 bits per heavy atom. The lowest BCUT2D eigenvalue weighted by Gasteiger charge is -2.39. The van der Waals surface area contributed by atoms with E-state index in [1.54, 1.807) is 14.2 Å². The molecule has 2 rings (SSSR count). The Bertz CT molecular complexity index is 480. The molecule has 0 fully saturated rings. The van der Waals surface area contributed by atoms with Gasteiger partial charge in [0.1, 0.15) is 0 Å². The zero-order valence-electron chi connectivity index (χ0n) is 12.2. The van der Waals surface area contributed by atoms with Crippen LogP contribution in [0.15, 0.2) is 24.8 Å². The zero-order chi connectivity index (χ0) is 14.0. The van der Waals surface area contributed by atoms with Gasteiger partial charge in [-0.2, -0.15) is 0 Å². The van der Waals surface area contributed by atoms with Gasteiger partial charge in [0.25, 0.3) is 0 Å². The predicted octanol–water partition coefficient (Wildman–Crippen LogP) is 3.25. The van der Waals surface area contributed by atoms with E-state index in [1.165, 1.54) is 11.1 Å². The predicted molar refractivity (Wildman–Crippen MR) is 78.0 cm³/mol. The highest BCUT2D eigenvalue weighted by molar-refractivity contribution is 5.50. The van der Waals surface area contributed by atoms with Crippen LogP contribution >= 0.6 is 0 Å². The standard InChI is InChI=1S/C16H23NO2/c1-6-7-13-12-9-15(19-5)14(18-4)8-11(12)10-16(2,3)17-13/h6,8-9,13,17H,1,7,10H2,2-5H3. The molecule has 19 heavy (non-hydrogen) atoms. The van der Waals surface area contributed by atoms with Gasteiger partial charge >= 0.3 is 0 Å². The first-order chi connectivity index (χ1) is 9.00. The van der Waals surface area contributed by atoms with Gasteiger partial charge in [-0.25, -0.2) is 0 Å². The second-order valence-corrected chi connectivity index (χ2v) is 5.69. The summed E-state index contributed by atoms with van der Waals surface area (Å²) in [5, 5.41) is 3.67. The quantitative estimate of drug-likeness (QED) is 0.844. The molecule has 0 saturated carbocycles. The molecule has 1 N–H and O–H groups in total. The molecule has 1 aromatic rings. The van der Waals surface area contributed by atoms with Gasteiger partial charge in [0.15, 0.2) is 11.5 Å². The van der Waals surface area contributed by atoms with Crippen LogP contribution in [0.25, 0.3) is 0 Å². The first kappa shape index (κ1) is 13.9. The van der Waals surface area contributed by atoms with E-state index >= 15 is 0 Å². The number of fused-ring (bicyclic) bond motifs is 1. The van der Waals surface area contributed by atoms with Crippen molar-refractivity contribution in [1.82, 2.24) is 5.32 Å². The Hall–Kier alpha value is -1.48. The van der Waals surface area contributed by atoms with Gasteiger partial charge in [-0.1, -0.05) is 6.08 Å². The second kappa shape index (κ2) is 5.25. The third kappa shape index (κ3) is 2.76. The van der Waals surface area contributed by atoms with Gasteiger partial charge < -0.3 is 14.8 Å². The van der Waals surface area contributed by atoms with Crippen molar-refractivity contribution < 1.29 is 9.47 Å². The molecule has 0 aromatic heterocycles. The molecule has 0 aliphatic carbocycles. The van der Waals surface area contributed by atoms with E-state index in [0.717, 1.165) is 24.3 Å². The van der Waals surface area contributed by atoms with Gasteiger partial charge in [-0.15, -0.1) is 6.58 Å². The molecule has 0 radical (unpaired) electrons. The van der Waals surface area contributed by atoms with E-state index in [-0.39, 0.29) is 11.6 Å². The minimum absolute atomic E-state index is 0.0836. The van der Waals surface area contributed by atoms with Crippen LogP contribution in [0, 0.1) is 0 Å². The smallest absolute Gasteiger partial charge is 0.161 e. The number of rotatable bonds is 4. The average molecular weight is 261 g/mol. The molecule has 3 nitrogen and oxygen atoms in total. The van der Waals surface area contributed by atoms with Crippen molar-refractivity contribution in [2.75, 3.05) is 14.2 Å². The Morgan fingerprint density at radius 1 is 1.32 bits per heavy atom.